The molecule has 2 aliphatic rings. The van der Waals surface area contributed by atoms with E-state index in [4.69, 9.17) is 0 Å². The molecule has 0 bridgehead atoms. The molecule has 4 rings (SSSR count). The number of sulfonamides is 1. The normalized spacial score (nSPS) is 22.3. The van der Waals surface area contributed by atoms with Crippen LogP contribution in [0.15, 0.2) is 46.7 Å². The third-order valence-electron chi connectivity index (χ3n) is 7.25. The number of carbonyl (C=O) groups excluding carboxylic acids is 1. The van der Waals surface area contributed by atoms with E-state index >= 15 is 0 Å². The summed E-state index contributed by atoms with van der Waals surface area (Å²) in [6.45, 7) is 7.29. The van der Waals surface area contributed by atoms with Crippen molar-refractivity contribution < 1.29 is 13.2 Å². The molecule has 8 heteroatoms. The fourth-order valence-corrected chi connectivity index (χ4v) is 6.74. The van der Waals surface area contributed by atoms with Gasteiger partial charge in [-0.1, -0.05) is 38.7 Å². The first-order valence-electron chi connectivity index (χ1n) is 12.4. The zero-order valence-electron chi connectivity index (χ0n) is 20.0. The molecule has 1 aromatic carbocycles. The van der Waals surface area contributed by atoms with E-state index in [1.165, 1.54) is 10.4 Å². The van der Waals surface area contributed by atoms with Gasteiger partial charge >= 0.3 is 0 Å². The van der Waals surface area contributed by atoms with Crippen molar-refractivity contribution in [3.63, 3.8) is 0 Å². The monoisotopic (exact) mass is 485 g/mol. The van der Waals surface area contributed by atoms with E-state index < -0.39 is 21.4 Å². The minimum absolute atomic E-state index is 0.0384. The SMILES string of the molecule is C=CCn1cc(C(=O)N[C@@H]2CCCC[C@H]2C)c(=O)c2cc(S(=O)(=O)N3CCCCCC3)ccc21. The highest BCUT2D eigenvalue weighted by molar-refractivity contribution is 7.89. The molecule has 184 valence electrons. The summed E-state index contributed by atoms with van der Waals surface area (Å²) in [6, 6.07) is 4.71. The number of fused-ring (bicyclic) bond motifs is 1. The van der Waals surface area contributed by atoms with Crippen LogP contribution in [0.25, 0.3) is 10.9 Å². The summed E-state index contributed by atoms with van der Waals surface area (Å²) in [5, 5.41) is 3.30. The molecule has 2 heterocycles. The molecule has 0 unspecified atom stereocenters. The number of pyridine rings is 1. The molecule has 1 saturated heterocycles. The molecule has 2 fully saturated rings. The number of benzene rings is 1. The number of hydrogen-bond acceptors (Lipinski definition) is 4. The summed E-state index contributed by atoms with van der Waals surface area (Å²) in [6.07, 6.45) is 11.2. The highest BCUT2D eigenvalue weighted by Crippen LogP contribution is 2.25. The Morgan fingerprint density at radius 1 is 1.12 bits per heavy atom. The number of carbonyl (C=O) groups is 1. The fraction of sp³-hybridized carbons (Fsp3) is 0.538. The first-order chi connectivity index (χ1) is 16.3. The second-order valence-electron chi connectivity index (χ2n) is 9.65. The van der Waals surface area contributed by atoms with Crippen molar-refractivity contribution in [3.8, 4) is 0 Å². The zero-order valence-corrected chi connectivity index (χ0v) is 20.8. The van der Waals surface area contributed by atoms with E-state index in [2.05, 4.69) is 18.8 Å². The van der Waals surface area contributed by atoms with Gasteiger partial charge in [0.05, 0.1) is 10.4 Å². The van der Waals surface area contributed by atoms with E-state index in [9.17, 15) is 18.0 Å². The molecular formula is C26H35N3O4S. The fourth-order valence-electron chi connectivity index (χ4n) is 5.20. The van der Waals surface area contributed by atoms with Gasteiger partial charge < -0.3 is 9.88 Å². The van der Waals surface area contributed by atoms with Crippen molar-refractivity contribution >= 4 is 26.8 Å². The molecule has 2 aromatic rings. The molecule has 0 spiro atoms. The summed E-state index contributed by atoms with van der Waals surface area (Å²) in [7, 11) is -3.72. The van der Waals surface area contributed by atoms with E-state index in [1.54, 1.807) is 29.0 Å². The Hall–Kier alpha value is -2.45. The Morgan fingerprint density at radius 2 is 1.82 bits per heavy atom. The minimum Gasteiger partial charge on any atom is -0.349 e. The molecule has 2 atom stereocenters. The van der Waals surface area contributed by atoms with Gasteiger partial charge in [-0.15, -0.1) is 6.58 Å². The lowest BCUT2D eigenvalue weighted by atomic mass is 9.86. The highest BCUT2D eigenvalue weighted by Gasteiger charge is 2.28. The Labute approximate surface area is 201 Å². The number of nitrogens with one attached hydrogen (secondary N) is 1. The van der Waals surface area contributed by atoms with Crippen LogP contribution in [-0.4, -0.2) is 42.3 Å². The second kappa shape index (κ2) is 10.4. The lowest BCUT2D eigenvalue weighted by Gasteiger charge is -2.29. The van der Waals surface area contributed by atoms with E-state index in [0.717, 1.165) is 51.4 Å². The molecule has 1 aromatic heterocycles. The number of allylic oxidation sites excluding steroid dienone is 1. The van der Waals surface area contributed by atoms with Gasteiger partial charge in [0.2, 0.25) is 15.5 Å². The average Bonchev–Trinajstić information content (AvgIpc) is 3.12. The quantitative estimate of drug-likeness (QED) is 0.625. The van der Waals surface area contributed by atoms with Gasteiger partial charge in [0.25, 0.3) is 5.91 Å². The summed E-state index contributed by atoms with van der Waals surface area (Å²) in [5.74, 6) is -0.0387. The van der Waals surface area contributed by atoms with Crippen molar-refractivity contribution in [2.75, 3.05) is 13.1 Å². The maximum absolute atomic E-state index is 13.5. The van der Waals surface area contributed by atoms with Crippen LogP contribution in [0.5, 0.6) is 0 Å². The first-order valence-corrected chi connectivity index (χ1v) is 13.9. The van der Waals surface area contributed by atoms with E-state index in [-0.39, 0.29) is 21.9 Å². The van der Waals surface area contributed by atoms with E-state index in [0.29, 0.717) is 31.1 Å². The standard InChI is InChI=1S/C26H35N3O4S/c1-3-14-28-18-22(26(31)27-23-11-7-6-10-19(23)2)25(30)21-17-20(12-13-24(21)28)34(32,33)29-15-8-4-5-9-16-29/h3,12-13,17-19,23H,1,4-11,14-16H2,2H3,(H,27,31)/t19-,23-/m1/s1. The first kappa shape index (κ1) is 24.7. The molecule has 0 radical (unpaired) electrons. The predicted octanol–water partition coefficient (Wildman–Crippen LogP) is 4.06. The Bertz CT molecular complexity index is 1230. The number of rotatable bonds is 6. The second-order valence-corrected chi connectivity index (χ2v) is 11.6. The molecule has 1 N–H and O–H groups in total. The van der Waals surface area contributed by atoms with Crippen molar-refractivity contribution in [1.82, 2.24) is 14.2 Å². The van der Waals surface area contributed by atoms with Crippen LogP contribution in [0.4, 0.5) is 0 Å². The number of nitrogens with zero attached hydrogens (tertiary/aromatic N) is 2. The van der Waals surface area contributed by atoms with Crippen LogP contribution in [0.3, 0.4) is 0 Å². The van der Waals surface area contributed by atoms with Crippen LogP contribution < -0.4 is 10.7 Å². The van der Waals surface area contributed by atoms with Crippen molar-refractivity contribution in [1.29, 1.82) is 0 Å². The molecule has 1 aliphatic carbocycles. The Kier molecular flexibility index (Phi) is 7.57. The third kappa shape index (κ3) is 4.98. The lowest BCUT2D eigenvalue weighted by Crippen LogP contribution is -2.42. The largest absolute Gasteiger partial charge is 0.349 e. The Balaban J connectivity index is 1.76. The Morgan fingerprint density at radius 3 is 2.50 bits per heavy atom. The minimum atomic E-state index is -3.72. The molecule has 7 nitrogen and oxygen atoms in total. The van der Waals surface area contributed by atoms with Crippen LogP contribution in [0.1, 0.15) is 68.6 Å². The summed E-state index contributed by atoms with van der Waals surface area (Å²) in [4.78, 5) is 26.7. The van der Waals surface area contributed by atoms with Gasteiger partial charge in [-0.3, -0.25) is 9.59 Å². The van der Waals surface area contributed by atoms with Crippen molar-refractivity contribution in [2.24, 2.45) is 5.92 Å². The van der Waals surface area contributed by atoms with Gasteiger partial charge in [0.1, 0.15) is 5.56 Å². The number of hydrogen-bond donors (Lipinski definition) is 1. The highest BCUT2D eigenvalue weighted by atomic mass is 32.2. The maximum Gasteiger partial charge on any atom is 0.256 e. The van der Waals surface area contributed by atoms with Crippen LogP contribution in [0.2, 0.25) is 0 Å². The van der Waals surface area contributed by atoms with Gasteiger partial charge in [-0.2, -0.15) is 4.31 Å². The summed E-state index contributed by atoms with van der Waals surface area (Å²) >= 11 is 0. The topological polar surface area (TPSA) is 88.5 Å². The lowest BCUT2D eigenvalue weighted by molar-refractivity contribution is 0.0908. The molecular weight excluding hydrogens is 450 g/mol. The van der Waals surface area contributed by atoms with Gasteiger partial charge in [-0.05, 0) is 49.8 Å². The van der Waals surface area contributed by atoms with Crippen LogP contribution in [0, 0.1) is 5.92 Å². The molecule has 1 aliphatic heterocycles. The number of amides is 1. The predicted molar refractivity (Wildman–Crippen MR) is 135 cm³/mol. The summed E-state index contributed by atoms with van der Waals surface area (Å²) in [5.41, 5.74) is 0.183. The molecule has 1 saturated carbocycles. The van der Waals surface area contributed by atoms with Crippen LogP contribution >= 0.6 is 0 Å². The number of aromatic nitrogens is 1. The third-order valence-corrected chi connectivity index (χ3v) is 9.15. The van der Waals surface area contributed by atoms with Crippen LogP contribution in [-0.2, 0) is 16.6 Å². The van der Waals surface area contributed by atoms with E-state index in [1.807, 2.05) is 0 Å². The van der Waals surface area contributed by atoms with Crippen molar-refractivity contribution in [3.05, 3.63) is 52.8 Å². The molecule has 34 heavy (non-hydrogen) atoms. The zero-order chi connectivity index (χ0) is 24.3. The van der Waals surface area contributed by atoms with Gasteiger partial charge in [-0.25, -0.2) is 8.42 Å². The smallest absolute Gasteiger partial charge is 0.256 e. The van der Waals surface area contributed by atoms with Gasteiger partial charge in [0, 0.05) is 37.3 Å². The molecule has 1 amide bonds. The summed E-state index contributed by atoms with van der Waals surface area (Å²) < 4.78 is 30.0. The maximum atomic E-state index is 13.5. The van der Waals surface area contributed by atoms with Gasteiger partial charge in [0.15, 0.2) is 0 Å². The van der Waals surface area contributed by atoms with Crippen molar-refractivity contribution in [2.45, 2.75) is 75.8 Å². The average molecular weight is 486 g/mol.